The number of carboxylic acids is 1. The van der Waals surface area contributed by atoms with Gasteiger partial charge in [-0.1, -0.05) is 12.1 Å². The van der Waals surface area contributed by atoms with Crippen LogP contribution in [0, 0.1) is 11.3 Å². The molecule has 140 valence electrons. The Morgan fingerprint density at radius 1 is 1.32 bits per heavy atom. The van der Waals surface area contributed by atoms with Crippen LogP contribution in [0.5, 0.6) is 0 Å². The first kappa shape index (κ1) is 17.8. The summed E-state index contributed by atoms with van der Waals surface area (Å²) in [6, 6.07) is 12.5. The quantitative estimate of drug-likeness (QED) is 0.721. The van der Waals surface area contributed by atoms with E-state index < -0.39 is 5.97 Å². The first-order valence-corrected chi connectivity index (χ1v) is 8.86. The zero-order valence-electron chi connectivity index (χ0n) is 15.1. The number of benzene rings is 1. The summed E-state index contributed by atoms with van der Waals surface area (Å²) in [6.45, 7) is 2.08. The van der Waals surface area contributed by atoms with Crippen LogP contribution < -0.4 is 5.73 Å². The molecule has 0 bridgehead atoms. The Morgan fingerprint density at radius 3 is 2.75 bits per heavy atom. The molecule has 7 nitrogen and oxygen atoms in total. The Hall–Kier alpha value is -3.63. The van der Waals surface area contributed by atoms with E-state index in [1.807, 2.05) is 12.1 Å². The molecular formula is C21H18N4O3. The minimum atomic E-state index is -0.993. The van der Waals surface area contributed by atoms with Crippen LogP contribution in [0.4, 0.5) is 5.82 Å². The maximum Gasteiger partial charge on any atom is 0.335 e. The van der Waals surface area contributed by atoms with Crippen molar-refractivity contribution in [3.05, 3.63) is 70.8 Å². The number of anilines is 1. The average molecular weight is 374 g/mol. The molecule has 0 atom stereocenters. The second-order valence-corrected chi connectivity index (χ2v) is 6.71. The summed E-state index contributed by atoms with van der Waals surface area (Å²) in [4.78, 5) is 17.8. The van der Waals surface area contributed by atoms with Gasteiger partial charge in [-0.05, 0) is 35.4 Å². The van der Waals surface area contributed by atoms with Crippen LogP contribution in [0.3, 0.4) is 0 Å². The summed E-state index contributed by atoms with van der Waals surface area (Å²) in [6.07, 6.45) is 2.37. The highest BCUT2D eigenvalue weighted by Gasteiger charge is 2.25. The Bertz CT molecular complexity index is 1070. The summed E-state index contributed by atoms with van der Waals surface area (Å²) in [7, 11) is 0. The molecule has 1 aliphatic rings. The van der Waals surface area contributed by atoms with Gasteiger partial charge in [0, 0.05) is 30.8 Å². The fourth-order valence-corrected chi connectivity index (χ4v) is 3.60. The normalized spacial score (nSPS) is 13.7. The van der Waals surface area contributed by atoms with Crippen LogP contribution in [0.25, 0.3) is 11.1 Å². The standard InChI is InChI=1S/C21H18N4O3/c22-10-16-19(13-3-5-14(6-4-13)21(26)27)17-12-25(11-15-2-1-9-28-15)8-7-18(17)24-20(16)23/h1-6,9H,7-8,11-12H2,(H2,23,24)(H,26,27). The van der Waals surface area contributed by atoms with Gasteiger partial charge in [-0.15, -0.1) is 0 Å². The summed E-state index contributed by atoms with van der Waals surface area (Å²) in [5.74, 6) is 0.0886. The van der Waals surface area contributed by atoms with Crippen molar-refractivity contribution in [2.24, 2.45) is 0 Å². The number of aromatic nitrogens is 1. The van der Waals surface area contributed by atoms with Crippen molar-refractivity contribution >= 4 is 11.8 Å². The van der Waals surface area contributed by atoms with Crippen molar-refractivity contribution in [3.8, 4) is 17.2 Å². The smallest absolute Gasteiger partial charge is 0.335 e. The molecule has 0 saturated carbocycles. The lowest BCUT2D eigenvalue weighted by Crippen LogP contribution is -2.31. The SMILES string of the molecule is N#Cc1c(N)nc2c(c1-c1ccc(C(=O)O)cc1)CN(Cc1ccco1)CC2. The molecule has 3 N–H and O–H groups in total. The molecule has 3 heterocycles. The topological polar surface area (TPSA) is 116 Å². The number of nitrogen functional groups attached to an aromatic ring is 1. The number of fused-ring (bicyclic) bond motifs is 1. The zero-order valence-corrected chi connectivity index (χ0v) is 15.1. The van der Waals surface area contributed by atoms with Gasteiger partial charge in [-0.3, -0.25) is 4.90 Å². The molecule has 0 radical (unpaired) electrons. The highest BCUT2D eigenvalue weighted by atomic mass is 16.4. The summed E-state index contributed by atoms with van der Waals surface area (Å²) in [5, 5.41) is 18.8. The van der Waals surface area contributed by atoms with E-state index in [1.165, 1.54) is 12.1 Å². The highest BCUT2D eigenvalue weighted by molar-refractivity contribution is 5.89. The molecule has 28 heavy (non-hydrogen) atoms. The number of hydrogen-bond donors (Lipinski definition) is 2. The number of furan rings is 1. The van der Waals surface area contributed by atoms with Gasteiger partial charge in [0.1, 0.15) is 23.2 Å². The van der Waals surface area contributed by atoms with Crippen molar-refractivity contribution in [2.45, 2.75) is 19.5 Å². The van der Waals surface area contributed by atoms with E-state index >= 15 is 0 Å². The molecule has 4 rings (SSSR count). The number of pyridine rings is 1. The second kappa shape index (κ2) is 7.18. The molecule has 0 unspecified atom stereocenters. The molecule has 2 aromatic heterocycles. The number of nitriles is 1. The van der Waals surface area contributed by atoms with Crippen molar-refractivity contribution in [3.63, 3.8) is 0 Å². The van der Waals surface area contributed by atoms with E-state index in [2.05, 4.69) is 16.0 Å². The minimum Gasteiger partial charge on any atom is -0.478 e. The van der Waals surface area contributed by atoms with Crippen molar-refractivity contribution in [1.29, 1.82) is 5.26 Å². The number of carboxylic acid groups (broad SMARTS) is 1. The molecule has 1 aliphatic heterocycles. The Kier molecular flexibility index (Phi) is 4.55. The first-order valence-electron chi connectivity index (χ1n) is 8.86. The van der Waals surface area contributed by atoms with Crippen molar-refractivity contribution < 1.29 is 14.3 Å². The van der Waals surface area contributed by atoms with E-state index in [9.17, 15) is 10.1 Å². The van der Waals surface area contributed by atoms with Gasteiger partial charge >= 0.3 is 5.97 Å². The largest absolute Gasteiger partial charge is 0.478 e. The minimum absolute atomic E-state index is 0.192. The fourth-order valence-electron chi connectivity index (χ4n) is 3.60. The van der Waals surface area contributed by atoms with Crippen LogP contribution in [-0.4, -0.2) is 27.5 Å². The van der Waals surface area contributed by atoms with E-state index in [0.717, 1.165) is 34.7 Å². The van der Waals surface area contributed by atoms with E-state index in [1.54, 1.807) is 18.4 Å². The summed E-state index contributed by atoms with van der Waals surface area (Å²) >= 11 is 0. The van der Waals surface area contributed by atoms with Crippen LogP contribution in [0.2, 0.25) is 0 Å². The molecule has 0 saturated heterocycles. The lowest BCUT2D eigenvalue weighted by Gasteiger charge is -2.30. The predicted molar refractivity (Wildman–Crippen MR) is 102 cm³/mol. The van der Waals surface area contributed by atoms with E-state index in [-0.39, 0.29) is 11.4 Å². The van der Waals surface area contributed by atoms with Crippen LogP contribution in [0.1, 0.15) is 32.9 Å². The maximum atomic E-state index is 11.2. The third kappa shape index (κ3) is 3.21. The average Bonchev–Trinajstić information content (AvgIpc) is 3.20. The van der Waals surface area contributed by atoms with Crippen molar-refractivity contribution in [2.75, 3.05) is 12.3 Å². The van der Waals surface area contributed by atoms with E-state index in [4.69, 9.17) is 15.3 Å². The van der Waals surface area contributed by atoms with Gasteiger partial charge in [0.15, 0.2) is 0 Å². The number of nitrogens with two attached hydrogens (primary N) is 1. The molecule has 3 aromatic rings. The van der Waals surface area contributed by atoms with Crippen LogP contribution in [-0.2, 0) is 19.5 Å². The lowest BCUT2D eigenvalue weighted by molar-refractivity contribution is 0.0697. The second-order valence-electron chi connectivity index (χ2n) is 6.71. The third-order valence-electron chi connectivity index (χ3n) is 4.95. The molecule has 0 fully saturated rings. The Morgan fingerprint density at radius 2 is 2.11 bits per heavy atom. The number of aromatic carboxylic acids is 1. The highest BCUT2D eigenvalue weighted by Crippen LogP contribution is 2.35. The molecule has 0 aliphatic carbocycles. The van der Waals surface area contributed by atoms with Crippen LogP contribution >= 0.6 is 0 Å². The van der Waals surface area contributed by atoms with Gasteiger partial charge in [0.25, 0.3) is 0 Å². The molecule has 7 heteroatoms. The molecule has 0 amide bonds. The number of hydrogen-bond acceptors (Lipinski definition) is 6. The van der Waals surface area contributed by atoms with Gasteiger partial charge in [-0.25, -0.2) is 9.78 Å². The monoisotopic (exact) mass is 374 g/mol. The first-order chi connectivity index (χ1) is 13.6. The third-order valence-corrected chi connectivity index (χ3v) is 4.95. The number of rotatable bonds is 4. The fraction of sp³-hybridized carbons (Fsp3) is 0.190. The summed E-state index contributed by atoms with van der Waals surface area (Å²) in [5.41, 5.74) is 9.89. The van der Waals surface area contributed by atoms with Crippen LogP contribution in [0.15, 0.2) is 47.1 Å². The maximum absolute atomic E-state index is 11.2. The predicted octanol–water partition coefficient (Wildman–Crippen LogP) is 3.05. The lowest BCUT2D eigenvalue weighted by atomic mass is 9.90. The molecular weight excluding hydrogens is 356 g/mol. The molecule has 0 spiro atoms. The van der Waals surface area contributed by atoms with Gasteiger partial charge in [0.05, 0.1) is 18.4 Å². The van der Waals surface area contributed by atoms with Gasteiger partial charge in [0.2, 0.25) is 0 Å². The van der Waals surface area contributed by atoms with Gasteiger partial charge in [-0.2, -0.15) is 5.26 Å². The van der Waals surface area contributed by atoms with Gasteiger partial charge < -0.3 is 15.3 Å². The van der Waals surface area contributed by atoms with Crippen molar-refractivity contribution in [1.82, 2.24) is 9.88 Å². The Labute approximate surface area is 161 Å². The number of carbonyl (C=O) groups is 1. The number of nitrogens with zero attached hydrogens (tertiary/aromatic N) is 3. The molecule has 1 aromatic carbocycles. The Balaban J connectivity index is 1.78. The summed E-state index contributed by atoms with van der Waals surface area (Å²) < 4.78 is 5.45. The van der Waals surface area contributed by atoms with E-state index in [0.29, 0.717) is 25.1 Å². The zero-order chi connectivity index (χ0) is 19.7.